The third-order valence-corrected chi connectivity index (χ3v) is 4.49. The van der Waals surface area contributed by atoms with Crippen molar-refractivity contribution >= 4 is 0 Å². The molecule has 2 saturated heterocycles. The van der Waals surface area contributed by atoms with Gasteiger partial charge < -0.3 is 10.2 Å². The molecule has 0 amide bonds. The van der Waals surface area contributed by atoms with Crippen molar-refractivity contribution in [3.63, 3.8) is 0 Å². The highest BCUT2D eigenvalue weighted by molar-refractivity contribution is 4.95. The van der Waals surface area contributed by atoms with E-state index in [9.17, 15) is 0 Å². The van der Waals surface area contributed by atoms with Crippen LogP contribution in [0.15, 0.2) is 0 Å². The Morgan fingerprint density at radius 3 is 2.47 bits per heavy atom. The van der Waals surface area contributed by atoms with Crippen molar-refractivity contribution < 1.29 is 0 Å². The molecule has 0 saturated carbocycles. The van der Waals surface area contributed by atoms with Crippen LogP contribution in [0, 0.1) is 0 Å². The summed E-state index contributed by atoms with van der Waals surface area (Å²) in [6.45, 7) is 11.9. The average molecular weight is 239 g/mol. The lowest BCUT2D eigenvalue weighted by Crippen LogP contribution is -2.64. The van der Waals surface area contributed by atoms with E-state index in [1.165, 1.54) is 38.9 Å². The van der Waals surface area contributed by atoms with Gasteiger partial charge in [-0.25, -0.2) is 0 Å². The summed E-state index contributed by atoms with van der Waals surface area (Å²) in [6.07, 6.45) is 3.97. The van der Waals surface area contributed by atoms with Crippen molar-refractivity contribution in [2.75, 3.05) is 33.2 Å². The summed E-state index contributed by atoms with van der Waals surface area (Å²) in [5, 5.41) is 3.69. The number of piperazine rings is 1. The lowest BCUT2D eigenvalue weighted by molar-refractivity contribution is 0.0255. The number of nitrogens with zero attached hydrogens (tertiary/aromatic N) is 2. The zero-order valence-corrected chi connectivity index (χ0v) is 12.0. The summed E-state index contributed by atoms with van der Waals surface area (Å²) in [5.41, 5.74) is 0.287. The van der Waals surface area contributed by atoms with Crippen LogP contribution in [0.2, 0.25) is 0 Å². The number of piperidine rings is 1. The molecular weight excluding hydrogens is 210 g/mol. The fourth-order valence-corrected chi connectivity index (χ4v) is 3.29. The summed E-state index contributed by atoms with van der Waals surface area (Å²) < 4.78 is 0. The average Bonchev–Trinajstić information content (AvgIpc) is 2.29. The molecular formula is C14H29N3. The molecule has 0 spiro atoms. The van der Waals surface area contributed by atoms with Crippen molar-refractivity contribution in [1.82, 2.24) is 15.1 Å². The Morgan fingerprint density at radius 1 is 1.24 bits per heavy atom. The smallest absolute Gasteiger partial charge is 0.0253 e. The number of hydrogen-bond acceptors (Lipinski definition) is 3. The first-order valence-corrected chi connectivity index (χ1v) is 7.21. The lowest BCUT2D eigenvalue weighted by atomic mass is 9.92. The van der Waals surface area contributed by atoms with Crippen LogP contribution in [0.1, 0.15) is 40.0 Å². The first-order valence-electron chi connectivity index (χ1n) is 7.21. The van der Waals surface area contributed by atoms with Gasteiger partial charge in [-0.3, -0.25) is 4.90 Å². The van der Waals surface area contributed by atoms with Crippen LogP contribution in [0.4, 0.5) is 0 Å². The molecule has 100 valence electrons. The van der Waals surface area contributed by atoms with E-state index < -0.39 is 0 Å². The summed E-state index contributed by atoms with van der Waals surface area (Å²) in [5.74, 6) is 0. The summed E-state index contributed by atoms with van der Waals surface area (Å²) in [6, 6.07) is 1.56. The second-order valence-corrected chi connectivity index (χ2v) is 6.53. The van der Waals surface area contributed by atoms with E-state index >= 15 is 0 Å². The van der Waals surface area contributed by atoms with Crippen molar-refractivity contribution in [2.45, 2.75) is 57.7 Å². The minimum Gasteiger partial charge on any atom is -0.309 e. The molecule has 0 bridgehead atoms. The van der Waals surface area contributed by atoms with Crippen LogP contribution < -0.4 is 5.32 Å². The maximum Gasteiger partial charge on any atom is 0.0253 e. The maximum atomic E-state index is 3.69. The first-order chi connectivity index (χ1) is 8.02. The van der Waals surface area contributed by atoms with Crippen LogP contribution in [0.25, 0.3) is 0 Å². The molecule has 3 heteroatoms. The Bertz CT molecular complexity index is 244. The zero-order chi connectivity index (χ0) is 12.5. The van der Waals surface area contributed by atoms with E-state index in [0.29, 0.717) is 0 Å². The number of nitrogens with one attached hydrogen (secondary N) is 1. The van der Waals surface area contributed by atoms with Crippen LogP contribution >= 0.6 is 0 Å². The zero-order valence-electron chi connectivity index (χ0n) is 12.0. The molecule has 0 aromatic rings. The Morgan fingerprint density at radius 2 is 1.88 bits per heavy atom. The Kier molecular flexibility index (Phi) is 4.11. The van der Waals surface area contributed by atoms with Crippen molar-refractivity contribution in [3.05, 3.63) is 0 Å². The van der Waals surface area contributed by atoms with Crippen molar-refractivity contribution in [3.8, 4) is 0 Å². The highest BCUT2D eigenvalue weighted by Gasteiger charge is 2.36. The molecule has 3 nitrogen and oxygen atoms in total. The number of likely N-dealkylation sites (tertiary alicyclic amines) is 1. The van der Waals surface area contributed by atoms with E-state index in [2.05, 4.69) is 42.9 Å². The largest absolute Gasteiger partial charge is 0.309 e. The molecule has 2 heterocycles. The molecule has 2 rings (SSSR count). The summed E-state index contributed by atoms with van der Waals surface area (Å²) >= 11 is 0. The second kappa shape index (κ2) is 5.25. The van der Waals surface area contributed by atoms with Crippen LogP contribution in [-0.2, 0) is 0 Å². The fourth-order valence-electron chi connectivity index (χ4n) is 3.29. The fraction of sp³-hybridized carbons (Fsp3) is 1.00. The molecule has 2 fully saturated rings. The Labute approximate surface area is 107 Å². The van der Waals surface area contributed by atoms with Crippen LogP contribution in [0.5, 0.6) is 0 Å². The van der Waals surface area contributed by atoms with Gasteiger partial charge in [-0.1, -0.05) is 6.92 Å². The SMILES string of the molecule is CCC1CNC(C)(C)CN1C1CCN(C)CC1. The predicted octanol–water partition coefficient (Wildman–Crippen LogP) is 1.54. The summed E-state index contributed by atoms with van der Waals surface area (Å²) in [4.78, 5) is 5.26. The predicted molar refractivity (Wildman–Crippen MR) is 73.4 cm³/mol. The third-order valence-electron chi connectivity index (χ3n) is 4.49. The van der Waals surface area contributed by atoms with Gasteiger partial charge in [0.15, 0.2) is 0 Å². The molecule has 0 aliphatic carbocycles. The Balaban J connectivity index is 2.00. The van der Waals surface area contributed by atoms with Crippen molar-refractivity contribution in [2.24, 2.45) is 0 Å². The summed E-state index contributed by atoms with van der Waals surface area (Å²) in [7, 11) is 2.25. The van der Waals surface area contributed by atoms with Gasteiger partial charge in [0.05, 0.1) is 0 Å². The minimum absolute atomic E-state index is 0.287. The lowest BCUT2D eigenvalue weighted by Gasteiger charge is -2.49. The van der Waals surface area contributed by atoms with Gasteiger partial charge in [-0.05, 0) is 53.2 Å². The van der Waals surface area contributed by atoms with Gasteiger partial charge in [0.2, 0.25) is 0 Å². The standard InChI is InChI=1S/C14H29N3/c1-5-12-10-15-14(2,3)11-17(12)13-6-8-16(4)9-7-13/h12-13,15H,5-11H2,1-4H3. The van der Waals surface area contributed by atoms with E-state index in [0.717, 1.165) is 18.6 Å². The topological polar surface area (TPSA) is 18.5 Å². The van der Waals surface area contributed by atoms with Gasteiger partial charge >= 0.3 is 0 Å². The Hall–Kier alpha value is -0.120. The van der Waals surface area contributed by atoms with Gasteiger partial charge in [0, 0.05) is 30.7 Å². The quantitative estimate of drug-likeness (QED) is 0.788. The molecule has 0 aromatic carbocycles. The highest BCUT2D eigenvalue weighted by atomic mass is 15.3. The number of rotatable bonds is 2. The second-order valence-electron chi connectivity index (χ2n) is 6.53. The van der Waals surface area contributed by atoms with Gasteiger partial charge in [-0.15, -0.1) is 0 Å². The van der Waals surface area contributed by atoms with Gasteiger partial charge in [0.25, 0.3) is 0 Å². The molecule has 1 atom stereocenters. The van der Waals surface area contributed by atoms with Crippen molar-refractivity contribution in [1.29, 1.82) is 0 Å². The van der Waals surface area contributed by atoms with Gasteiger partial charge in [0.1, 0.15) is 0 Å². The first kappa shape index (κ1) is 13.3. The van der Waals surface area contributed by atoms with Gasteiger partial charge in [-0.2, -0.15) is 0 Å². The molecule has 17 heavy (non-hydrogen) atoms. The number of hydrogen-bond donors (Lipinski definition) is 1. The van der Waals surface area contributed by atoms with E-state index in [4.69, 9.17) is 0 Å². The maximum absolute atomic E-state index is 3.69. The molecule has 2 aliphatic rings. The monoisotopic (exact) mass is 239 g/mol. The molecule has 1 N–H and O–H groups in total. The molecule has 0 aromatic heterocycles. The van der Waals surface area contributed by atoms with Crippen LogP contribution in [-0.4, -0.2) is 60.6 Å². The highest BCUT2D eigenvalue weighted by Crippen LogP contribution is 2.24. The third kappa shape index (κ3) is 3.21. The van der Waals surface area contributed by atoms with E-state index in [1.807, 2.05) is 0 Å². The van der Waals surface area contributed by atoms with Crippen LogP contribution in [0.3, 0.4) is 0 Å². The molecule has 2 aliphatic heterocycles. The molecule has 1 unspecified atom stereocenters. The van der Waals surface area contributed by atoms with E-state index in [1.54, 1.807) is 0 Å². The normalized spacial score (nSPS) is 32.8. The van der Waals surface area contributed by atoms with E-state index in [-0.39, 0.29) is 5.54 Å². The molecule has 0 radical (unpaired) electrons. The minimum atomic E-state index is 0.287.